The van der Waals surface area contributed by atoms with Gasteiger partial charge in [-0.05, 0) is 37.8 Å². The normalized spacial score (nSPS) is 16.8. The minimum atomic E-state index is -0.225. The molecule has 0 bridgehead atoms. The Hall–Kier alpha value is -1.26. The zero-order chi connectivity index (χ0) is 13.8. The second-order valence-corrected chi connectivity index (χ2v) is 5.39. The zero-order valence-electron chi connectivity index (χ0n) is 12.0. The smallest absolute Gasteiger partial charge is 0.228 e. The number of hydrogen-bond acceptors (Lipinski definition) is 3. The molecule has 2 rings (SSSR count). The summed E-state index contributed by atoms with van der Waals surface area (Å²) in [4.78, 5) is 12.0. The van der Waals surface area contributed by atoms with E-state index >= 15 is 0 Å². The van der Waals surface area contributed by atoms with Crippen molar-refractivity contribution in [1.82, 2.24) is 0 Å². The van der Waals surface area contributed by atoms with Crippen molar-refractivity contribution in [2.24, 2.45) is 17.6 Å². The Labute approximate surface area is 126 Å². The largest absolute Gasteiger partial charge is 0.491 e. The van der Waals surface area contributed by atoms with Crippen molar-refractivity contribution < 1.29 is 9.53 Å². The van der Waals surface area contributed by atoms with Crippen molar-refractivity contribution in [2.45, 2.75) is 32.7 Å². The SMILES string of the molecule is CC(N)C(C)C(=O)Nc1ccccc1OCC1CC1.Cl. The summed E-state index contributed by atoms with van der Waals surface area (Å²) in [6, 6.07) is 7.37. The molecule has 1 aromatic carbocycles. The highest BCUT2D eigenvalue weighted by atomic mass is 35.5. The van der Waals surface area contributed by atoms with Crippen molar-refractivity contribution in [2.75, 3.05) is 11.9 Å². The van der Waals surface area contributed by atoms with Gasteiger partial charge in [0.2, 0.25) is 5.91 Å². The van der Waals surface area contributed by atoms with E-state index in [0.717, 1.165) is 18.0 Å². The van der Waals surface area contributed by atoms with Crippen molar-refractivity contribution in [3.8, 4) is 5.75 Å². The van der Waals surface area contributed by atoms with Gasteiger partial charge in [-0.25, -0.2) is 0 Å². The Balaban J connectivity index is 0.00000200. The summed E-state index contributed by atoms with van der Waals surface area (Å²) in [6.45, 7) is 4.39. The fraction of sp³-hybridized carbons (Fsp3) is 0.533. The maximum atomic E-state index is 12.0. The predicted octanol–water partition coefficient (Wildman–Crippen LogP) is 2.82. The summed E-state index contributed by atoms with van der Waals surface area (Å²) in [5.74, 6) is 1.13. The van der Waals surface area contributed by atoms with Crippen LogP contribution in [-0.4, -0.2) is 18.6 Å². The molecular formula is C15H23ClN2O2. The van der Waals surface area contributed by atoms with Gasteiger partial charge in [0.1, 0.15) is 5.75 Å². The molecule has 0 aliphatic heterocycles. The first-order valence-electron chi connectivity index (χ1n) is 6.86. The average molecular weight is 299 g/mol. The molecule has 0 aromatic heterocycles. The monoisotopic (exact) mass is 298 g/mol. The molecule has 1 amide bonds. The van der Waals surface area contributed by atoms with Gasteiger partial charge in [-0.3, -0.25) is 4.79 Å². The van der Waals surface area contributed by atoms with E-state index in [2.05, 4.69) is 5.32 Å². The van der Waals surface area contributed by atoms with E-state index in [9.17, 15) is 4.79 Å². The second kappa shape index (κ2) is 7.50. The van der Waals surface area contributed by atoms with E-state index in [1.54, 1.807) is 0 Å². The summed E-state index contributed by atoms with van der Waals surface area (Å²) in [5.41, 5.74) is 6.47. The van der Waals surface area contributed by atoms with Crippen LogP contribution >= 0.6 is 12.4 Å². The Morgan fingerprint density at radius 3 is 2.65 bits per heavy atom. The number of rotatable bonds is 6. The lowest BCUT2D eigenvalue weighted by Gasteiger charge is -2.17. The maximum Gasteiger partial charge on any atom is 0.228 e. The van der Waals surface area contributed by atoms with E-state index in [1.165, 1.54) is 12.8 Å². The summed E-state index contributed by atoms with van der Waals surface area (Å²) in [5, 5.41) is 2.89. The van der Waals surface area contributed by atoms with Gasteiger partial charge in [0.25, 0.3) is 0 Å². The van der Waals surface area contributed by atoms with Crippen LogP contribution in [0.2, 0.25) is 0 Å². The number of carbonyl (C=O) groups excluding carboxylic acids is 1. The van der Waals surface area contributed by atoms with Crippen LogP contribution in [-0.2, 0) is 4.79 Å². The van der Waals surface area contributed by atoms with Crippen LogP contribution in [0, 0.1) is 11.8 Å². The fourth-order valence-corrected chi connectivity index (χ4v) is 1.67. The van der Waals surface area contributed by atoms with Crippen LogP contribution in [0.25, 0.3) is 0 Å². The maximum absolute atomic E-state index is 12.0. The van der Waals surface area contributed by atoms with Crippen molar-refractivity contribution >= 4 is 24.0 Å². The molecular weight excluding hydrogens is 276 g/mol. The van der Waals surface area contributed by atoms with Gasteiger partial charge in [-0.2, -0.15) is 0 Å². The quantitative estimate of drug-likeness (QED) is 0.849. The zero-order valence-corrected chi connectivity index (χ0v) is 12.8. The van der Waals surface area contributed by atoms with Gasteiger partial charge in [-0.15, -0.1) is 12.4 Å². The fourth-order valence-electron chi connectivity index (χ4n) is 1.67. The van der Waals surface area contributed by atoms with E-state index < -0.39 is 0 Å². The predicted molar refractivity (Wildman–Crippen MR) is 83.4 cm³/mol. The van der Waals surface area contributed by atoms with E-state index in [-0.39, 0.29) is 30.3 Å². The van der Waals surface area contributed by atoms with Crippen molar-refractivity contribution in [1.29, 1.82) is 0 Å². The first-order chi connectivity index (χ1) is 9.08. The topological polar surface area (TPSA) is 64.4 Å². The highest BCUT2D eigenvalue weighted by Crippen LogP contribution is 2.31. The van der Waals surface area contributed by atoms with Gasteiger partial charge in [-0.1, -0.05) is 19.1 Å². The Morgan fingerprint density at radius 2 is 2.05 bits per heavy atom. The van der Waals surface area contributed by atoms with Gasteiger partial charge in [0.15, 0.2) is 0 Å². The van der Waals surface area contributed by atoms with Crippen molar-refractivity contribution in [3.63, 3.8) is 0 Å². The van der Waals surface area contributed by atoms with Gasteiger partial charge < -0.3 is 15.8 Å². The number of nitrogens with one attached hydrogen (secondary N) is 1. The molecule has 0 spiro atoms. The van der Waals surface area contributed by atoms with Crippen LogP contribution in [0.15, 0.2) is 24.3 Å². The molecule has 1 fully saturated rings. The standard InChI is InChI=1S/C15H22N2O2.ClH/c1-10(11(2)16)15(18)17-13-5-3-4-6-14(13)19-9-12-7-8-12;/h3-6,10-12H,7-9,16H2,1-2H3,(H,17,18);1H. The molecule has 5 heteroatoms. The summed E-state index contributed by atoms with van der Waals surface area (Å²) in [6.07, 6.45) is 2.49. The lowest BCUT2D eigenvalue weighted by molar-refractivity contribution is -0.119. The van der Waals surface area contributed by atoms with Gasteiger partial charge in [0, 0.05) is 6.04 Å². The summed E-state index contributed by atoms with van der Waals surface area (Å²) >= 11 is 0. The molecule has 2 atom stereocenters. The van der Waals surface area contributed by atoms with Crippen LogP contribution in [0.5, 0.6) is 5.75 Å². The number of hydrogen-bond donors (Lipinski definition) is 2. The lowest BCUT2D eigenvalue weighted by atomic mass is 10.0. The molecule has 1 aliphatic carbocycles. The third-order valence-corrected chi connectivity index (χ3v) is 3.52. The first kappa shape index (κ1) is 16.8. The molecule has 112 valence electrons. The number of carbonyl (C=O) groups is 1. The number of para-hydroxylation sites is 2. The minimum Gasteiger partial charge on any atom is -0.491 e. The molecule has 1 saturated carbocycles. The third kappa shape index (κ3) is 4.69. The molecule has 0 heterocycles. The molecule has 1 aliphatic rings. The van der Waals surface area contributed by atoms with Gasteiger partial charge >= 0.3 is 0 Å². The molecule has 0 saturated heterocycles. The molecule has 0 radical (unpaired) electrons. The van der Waals surface area contributed by atoms with Crippen LogP contribution in [0.3, 0.4) is 0 Å². The number of nitrogens with two attached hydrogens (primary N) is 1. The van der Waals surface area contributed by atoms with Gasteiger partial charge in [0.05, 0.1) is 18.2 Å². The summed E-state index contributed by atoms with van der Waals surface area (Å²) < 4.78 is 5.76. The number of halogens is 1. The molecule has 2 unspecified atom stereocenters. The van der Waals surface area contributed by atoms with E-state index in [0.29, 0.717) is 5.92 Å². The van der Waals surface area contributed by atoms with E-state index in [4.69, 9.17) is 10.5 Å². The summed E-state index contributed by atoms with van der Waals surface area (Å²) in [7, 11) is 0. The molecule has 20 heavy (non-hydrogen) atoms. The second-order valence-electron chi connectivity index (χ2n) is 5.39. The Kier molecular flexibility index (Phi) is 6.30. The molecule has 1 aromatic rings. The number of anilines is 1. The van der Waals surface area contributed by atoms with E-state index in [1.807, 2.05) is 38.1 Å². The highest BCUT2D eigenvalue weighted by Gasteiger charge is 2.23. The highest BCUT2D eigenvalue weighted by molar-refractivity contribution is 5.94. The number of ether oxygens (including phenoxy) is 1. The molecule has 4 nitrogen and oxygen atoms in total. The van der Waals surface area contributed by atoms with Crippen LogP contribution in [0.4, 0.5) is 5.69 Å². The van der Waals surface area contributed by atoms with Crippen LogP contribution in [0.1, 0.15) is 26.7 Å². The third-order valence-electron chi connectivity index (χ3n) is 3.52. The lowest BCUT2D eigenvalue weighted by Crippen LogP contribution is -2.34. The molecule has 3 N–H and O–H groups in total. The Bertz CT molecular complexity index is 447. The van der Waals surface area contributed by atoms with Crippen molar-refractivity contribution in [3.05, 3.63) is 24.3 Å². The van der Waals surface area contributed by atoms with Crippen LogP contribution < -0.4 is 15.8 Å². The minimum absolute atomic E-state index is 0. The number of benzene rings is 1. The number of amides is 1. The Morgan fingerprint density at radius 1 is 1.40 bits per heavy atom. The average Bonchev–Trinajstić information content (AvgIpc) is 3.20. The first-order valence-corrected chi connectivity index (χ1v) is 6.86.